The lowest BCUT2D eigenvalue weighted by atomic mass is 9.66. The molecule has 0 bridgehead atoms. The first-order valence-corrected chi connectivity index (χ1v) is 28.7. The number of hydrogen-bond donors (Lipinski definition) is 0. The van der Waals surface area contributed by atoms with E-state index in [4.69, 9.17) is 0 Å². The zero-order chi connectivity index (χ0) is 52.0. The Hall–Kier alpha value is -8.74. The third-order valence-corrected chi connectivity index (χ3v) is 19.2. The van der Waals surface area contributed by atoms with E-state index in [2.05, 4.69) is 261 Å². The van der Waals surface area contributed by atoms with Crippen molar-refractivity contribution in [2.24, 2.45) is 0 Å². The molecular formula is C76H57NS. The lowest BCUT2D eigenvalue weighted by Gasteiger charge is -2.37. The lowest BCUT2D eigenvalue weighted by molar-refractivity contribution is 0.353. The van der Waals surface area contributed by atoms with Gasteiger partial charge in [-0.3, -0.25) is 0 Å². The normalized spacial score (nSPS) is 16.5. The van der Waals surface area contributed by atoms with Crippen molar-refractivity contribution in [1.29, 1.82) is 0 Å². The quantitative estimate of drug-likeness (QED) is 0.137. The van der Waals surface area contributed by atoms with E-state index in [1.165, 1.54) is 158 Å². The predicted octanol–water partition coefficient (Wildman–Crippen LogP) is 20.6. The summed E-state index contributed by atoms with van der Waals surface area (Å²) in [5.74, 6) is 6.97. The van der Waals surface area contributed by atoms with Crippen molar-refractivity contribution in [3.8, 4) is 67.5 Å². The van der Waals surface area contributed by atoms with Crippen molar-refractivity contribution in [1.82, 2.24) is 0 Å². The highest BCUT2D eigenvalue weighted by atomic mass is 32.1. The molecule has 0 saturated heterocycles. The molecule has 1 unspecified atom stereocenters. The number of hydrogen-bond acceptors (Lipinski definition) is 2. The highest BCUT2D eigenvalue weighted by Gasteiger charge is 2.48. The fraction of sp³-hybridized carbons (Fsp3) is 0.132. The molecule has 1 spiro atoms. The first-order chi connectivity index (χ1) is 38.5. The molecule has 78 heavy (non-hydrogen) atoms. The topological polar surface area (TPSA) is 3.24 Å². The van der Waals surface area contributed by atoms with Crippen molar-refractivity contribution < 1.29 is 0 Å². The van der Waals surface area contributed by atoms with Crippen LogP contribution >= 0.6 is 11.3 Å². The van der Waals surface area contributed by atoms with Gasteiger partial charge in [0, 0.05) is 49.1 Å². The van der Waals surface area contributed by atoms with E-state index in [9.17, 15) is 0 Å². The molecule has 10 aromatic carbocycles. The van der Waals surface area contributed by atoms with Gasteiger partial charge in [-0.2, -0.15) is 0 Å². The maximum absolute atomic E-state index is 3.60. The Morgan fingerprint density at radius 1 is 0.436 bits per heavy atom. The van der Waals surface area contributed by atoms with Gasteiger partial charge in [-0.25, -0.2) is 0 Å². The van der Waals surface area contributed by atoms with Gasteiger partial charge in [-0.15, -0.1) is 11.3 Å². The molecule has 4 aliphatic carbocycles. The first-order valence-electron chi connectivity index (χ1n) is 27.9. The molecule has 0 N–H and O–H groups in total. The number of thiophene rings is 1. The van der Waals surface area contributed by atoms with Gasteiger partial charge in [-0.1, -0.05) is 213 Å². The Morgan fingerprint density at radius 3 is 1.87 bits per heavy atom. The second-order valence-electron chi connectivity index (χ2n) is 22.1. The van der Waals surface area contributed by atoms with Crippen LogP contribution in [0.3, 0.4) is 0 Å². The van der Waals surface area contributed by atoms with Gasteiger partial charge >= 0.3 is 0 Å². The number of nitrogens with zero attached hydrogens (tertiary/aromatic N) is 1. The summed E-state index contributed by atoms with van der Waals surface area (Å²) in [4.78, 5) is 2.57. The summed E-state index contributed by atoms with van der Waals surface area (Å²) in [5, 5.41) is 2.63. The van der Waals surface area contributed by atoms with Gasteiger partial charge in [0.05, 0.1) is 5.41 Å². The summed E-state index contributed by atoms with van der Waals surface area (Å²) in [7, 11) is 0. The Morgan fingerprint density at radius 2 is 1.06 bits per heavy atom. The molecule has 0 amide bonds. The molecule has 15 rings (SSSR count). The van der Waals surface area contributed by atoms with Gasteiger partial charge in [0.2, 0.25) is 0 Å². The van der Waals surface area contributed by atoms with Gasteiger partial charge in [0.25, 0.3) is 0 Å². The minimum absolute atomic E-state index is 0.00943. The minimum atomic E-state index is -0.663. The number of fused-ring (bicyclic) bond motifs is 11. The van der Waals surface area contributed by atoms with Gasteiger partial charge in [-0.05, 0) is 181 Å². The molecular weight excluding hydrogens is 959 g/mol. The Labute approximate surface area is 462 Å². The second-order valence-corrected chi connectivity index (χ2v) is 23.1. The number of benzene rings is 10. The standard InChI is InChI=1S/C76H57NS/c1-50-20-11-12-25-60(50)61-40-37-57(46-51(61)2)77(58-38-41-64-63-26-13-15-30-69(63)75(71(64)48-58)44-17-6-18-45-75)59-39-42-65-68-47-54(62-28-19-29-67-66-27-14-16-31-73(66)78-74(62)67)34-43-70(68)76(72(65)49-59,55-23-9-3-4-10-24-55)56-35-32-53(33-36-56)52-21-7-5-8-22-52/h3,5,7-9,11-16,19-23,25-43,46-49H,6,17-18,24,44-45H2,1-2H3. The summed E-state index contributed by atoms with van der Waals surface area (Å²) >= 11 is 1.90. The molecule has 4 aliphatic rings. The third-order valence-electron chi connectivity index (χ3n) is 18.0. The van der Waals surface area contributed by atoms with Gasteiger partial charge in [0.1, 0.15) is 0 Å². The molecule has 0 radical (unpaired) electrons. The highest BCUT2D eigenvalue weighted by molar-refractivity contribution is 7.26. The number of anilines is 3. The summed E-state index contributed by atoms with van der Waals surface area (Å²) in [6.07, 6.45) is 13.3. The molecule has 0 aliphatic heterocycles. The predicted molar refractivity (Wildman–Crippen MR) is 330 cm³/mol. The number of rotatable bonds is 8. The SMILES string of the molecule is Cc1ccccc1-c1ccc(N(c2ccc3c(c2)C2(CCCCC2)c2ccccc2-3)c2ccc3c(c2)C(C2=CC=CC#CC2)(c2ccc(-c4ccccc4)cc2)c2ccc(-c4cccc5c4sc4ccccc45)cc2-3)cc1C. The van der Waals surface area contributed by atoms with Crippen LogP contribution in [0.2, 0.25) is 0 Å². The molecule has 1 aromatic heterocycles. The first kappa shape index (κ1) is 46.6. The van der Waals surface area contributed by atoms with Crippen molar-refractivity contribution in [2.45, 2.75) is 63.2 Å². The fourth-order valence-electron chi connectivity index (χ4n) is 14.4. The molecule has 1 fully saturated rings. The molecule has 372 valence electrons. The van der Waals surface area contributed by atoms with Crippen molar-refractivity contribution in [2.75, 3.05) is 4.90 Å². The molecule has 1 atom stereocenters. The van der Waals surface area contributed by atoms with Crippen molar-refractivity contribution in [3.63, 3.8) is 0 Å². The van der Waals surface area contributed by atoms with Crippen LogP contribution in [-0.4, -0.2) is 0 Å². The van der Waals surface area contributed by atoms with Crippen LogP contribution in [0.25, 0.3) is 75.8 Å². The average Bonchev–Trinajstić information content (AvgIpc) is 4.17. The largest absolute Gasteiger partial charge is 0.310 e. The van der Waals surface area contributed by atoms with E-state index in [0.29, 0.717) is 6.42 Å². The summed E-state index contributed by atoms with van der Waals surface area (Å²) in [6, 6.07) is 83.3. The van der Waals surface area contributed by atoms with E-state index >= 15 is 0 Å². The highest BCUT2D eigenvalue weighted by Crippen LogP contribution is 2.61. The minimum Gasteiger partial charge on any atom is -0.310 e. The van der Waals surface area contributed by atoms with Gasteiger partial charge in [0.15, 0.2) is 0 Å². The van der Waals surface area contributed by atoms with E-state index in [1.807, 2.05) is 17.4 Å². The second kappa shape index (κ2) is 18.5. The number of allylic oxidation sites excluding steroid dienone is 4. The molecule has 1 saturated carbocycles. The maximum Gasteiger partial charge on any atom is 0.0686 e. The fourth-order valence-corrected chi connectivity index (χ4v) is 15.6. The number of aryl methyl sites for hydroxylation is 2. The maximum atomic E-state index is 3.60. The van der Waals surface area contributed by atoms with Crippen LogP contribution in [0.4, 0.5) is 17.1 Å². The molecule has 1 heterocycles. The summed E-state index contributed by atoms with van der Waals surface area (Å²) in [6.45, 7) is 4.51. The molecule has 1 nitrogen and oxygen atoms in total. The molecule has 2 heteroatoms. The van der Waals surface area contributed by atoms with E-state index < -0.39 is 5.41 Å². The van der Waals surface area contributed by atoms with Crippen LogP contribution < -0.4 is 4.90 Å². The zero-order valence-electron chi connectivity index (χ0n) is 44.1. The van der Waals surface area contributed by atoms with Crippen LogP contribution in [0.5, 0.6) is 0 Å². The van der Waals surface area contributed by atoms with Gasteiger partial charge < -0.3 is 4.90 Å². The Bertz CT molecular complexity index is 4360. The average molecular weight is 1020 g/mol. The van der Waals surface area contributed by atoms with Crippen molar-refractivity contribution in [3.05, 3.63) is 281 Å². The monoisotopic (exact) mass is 1020 g/mol. The third kappa shape index (κ3) is 7.15. The summed E-state index contributed by atoms with van der Waals surface area (Å²) < 4.78 is 2.64. The Kier molecular flexibility index (Phi) is 11.0. The van der Waals surface area contributed by atoms with Crippen LogP contribution in [0, 0.1) is 25.7 Å². The smallest absolute Gasteiger partial charge is 0.0686 e. The summed E-state index contributed by atoms with van der Waals surface area (Å²) in [5.41, 5.74) is 26.2. The van der Waals surface area contributed by atoms with E-state index in [1.54, 1.807) is 0 Å². The lowest BCUT2D eigenvalue weighted by Crippen LogP contribution is -2.30. The van der Waals surface area contributed by atoms with E-state index in [-0.39, 0.29) is 5.41 Å². The Balaban J connectivity index is 0.983. The van der Waals surface area contributed by atoms with Crippen molar-refractivity contribution >= 4 is 48.6 Å². The zero-order valence-corrected chi connectivity index (χ0v) is 44.9. The molecule has 11 aromatic rings. The van der Waals surface area contributed by atoms with E-state index in [0.717, 1.165) is 11.4 Å². The van der Waals surface area contributed by atoms with Crippen LogP contribution in [0.1, 0.15) is 77.5 Å². The van der Waals surface area contributed by atoms with Crippen LogP contribution in [-0.2, 0) is 10.8 Å². The van der Waals surface area contributed by atoms with Crippen LogP contribution in [0.15, 0.2) is 242 Å².